The third-order valence-corrected chi connectivity index (χ3v) is 14.5. The van der Waals surface area contributed by atoms with Crippen molar-refractivity contribution in [2.24, 2.45) is 0 Å². The Morgan fingerprint density at radius 1 is 0.568 bits per heavy atom. The van der Waals surface area contributed by atoms with Crippen LogP contribution in [0, 0.1) is 34.8 Å². The molecule has 0 aliphatic heterocycles. The lowest BCUT2D eigenvalue weighted by molar-refractivity contribution is -1.03. The van der Waals surface area contributed by atoms with E-state index in [1.165, 1.54) is 11.1 Å². The molecule has 0 saturated heterocycles. The molecule has 6 aromatic rings. The Labute approximate surface area is 225 Å². The maximum atomic E-state index is 14.1. The van der Waals surface area contributed by atoms with Crippen LogP contribution >= 0.6 is 0 Å². The first-order chi connectivity index (χ1) is 17.7. The van der Waals surface area contributed by atoms with Crippen LogP contribution in [0.5, 0.6) is 0 Å². The fourth-order valence-electron chi connectivity index (χ4n) is 4.87. The predicted molar refractivity (Wildman–Crippen MR) is 148 cm³/mol. The normalized spacial score (nSPS) is 12.4. The quantitative estimate of drug-likeness (QED) is 0.206. The van der Waals surface area contributed by atoms with Crippen LogP contribution in [0.3, 0.4) is 0 Å². The molecule has 0 saturated carbocycles. The van der Waals surface area contributed by atoms with Crippen LogP contribution < -0.4 is 20.2 Å². The van der Waals surface area contributed by atoms with E-state index in [4.69, 9.17) is 2.51 Å². The van der Waals surface area contributed by atoms with E-state index in [1.807, 2.05) is 36.4 Å². The first kappa shape index (κ1) is 24.3. The summed E-state index contributed by atoms with van der Waals surface area (Å²) in [5.41, 5.74) is 4.61. The summed E-state index contributed by atoms with van der Waals surface area (Å²) >= 11 is -2.82. The number of rotatable bonds is 5. The molecule has 3 nitrogen and oxygen atoms in total. The summed E-state index contributed by atoms with van der Waals surface area (Å²) in [7, 11) is -4.06. The molecule has 0 amide bonds. The van der Waals surface area contributed by atoms with E-state index >= 15 is 0 Å². The lowest BCUT2D eigenvalue weighted by Gasteiger charge is -2.14. The lowest BCUT2D eigenvalue weighted by Crippen LogP contribution is -3.85. The van der Waals surface area contributed by atoms with Crippen molar-refractivity contribution < 1.29 is 31.2 Å². The van der Waals surface area contributed by atoms with E-state index in [-0.39, 0.29) is 4.90 Å². The van der Waals surface area contributed by atoms with Gasteiger partial charge in [0, 0.05) is 5.39 Å². The molecule has 0 N–H and O–H groups in total. The highest BCUT2D eigenvalue weighted by Gasteiger charge is 2.39. The van der Waals surface area contributed by atoms with Crippen molar-refractivity contribution in [3.05, 3.63) is 120 Å². The van der Waals surface area contributed by atoms with E-state index in [0.29, 0.717) is 5.39 Å². The third-order valence-electron chi connectivity index (χ3n) is 7.24. The summed E-state index contributed by atoms with van der Waals surface area (Å²) in [6.45, 7) is 8.25. The Balaban J connectivity index is 1.54. The van der Waals surface area contributed by atoms with Crippen molar-refractivity contribution in [3.63, 3.8) is 0 Å². The van der Waals surface area contributed by atoms with Crippen molar-refractivity contribution in [1.29, 1.82) is 0 Å². The van der Waals surface area contributed by atoms with Crippen LogP contribution in [0.2, 0.25) is 0 Å². The monoisotopic (exact) mass is 618 g/mol. The Morgan fingerprint density at radius 3 is 1.65 bits per heavy atom. The fraction of sp³-hybridized carbons (Fsp3) is 0.125. The van der Waals surface area contributed by atoms with Gasteiger partial charge in [0.05, 0.1) is 0 Å². The van der Waals surface area contributed by atoms with Crippen LogP contribution in [0.1, 0.15) is 22.3 Å². The van der Waals surface area contributed by atoms with Crippen LogP contribution in [0.15, 0.2) is 95.9 Å². The van der Waals surface area contributed by atoms with E-state index in [9.17, 15) is 8.42 Å². The predicted octanol–water partition coefficient (Wildman–Crippen LogP) is 4.80. The molecule has 1 radical (unpaired) electrons. The molecule has 0 bridgehead atoms. The van der Waals surface area contributed by atoms with Crippen molar-refractivity contribution in [1.82, 2.24) is 0 Å². The van der Waals surface area contributed by atoms with Crippen LogP contribution in [-0.2, 0) is 12.6 Å². The Kier molecular flexibility index (Phi) is 5.97. The molecule has 6 aromatic carbocycles. The third kappa shape index (κ3) is 4.19. The molecule has 0 fully saturated rings. The first-order valence-corrected chi connectivity index (χ1v) is 16.6. The summed E-state index contributed by atoms with van der Waals surface area (Å²) in [6, 6.07) is 30.2. The van der Waals surface area contributed by atoms with Gasteiger partial charge < -0.3 is 0 Å². The van der Waals surface area contributed by atoms with Gasteiger partial charge in [-0.2, -0.15) is 8.42 Å². The van der Waals surface area contributed by atoms with Gasteiger partial charge in [0.2, 0.25) is 0 Å². The van der Waals surface area contributed by atoms with E-state index < -0.39 is 30.4 Å². The van der Waals surface area contributed by atoms with E-state index in [0.717, 1.165) is 45.2 Å². The van der Waals surface area contributed by atoms with Gasteiger partial charge in [-0.1, -0.05) is 60.7 Å². The van der Waals surface area contributed by atoms with Crippen LogP contribution in [0.4, 0.5) is 0 Å². The molecule has 37 heavy (non-hydrogen) atoms. The molecule has 6 rings (SSSR count). The molecule has 0 heterocycles. The molecular formula is C32H27IO3S+. The summed E-state index contributed by atoms with van der Waals surface area (Å²) in [5.74, 6) is 0. The maximum Gasteiger partial charge on any atom is 0.336 e. The molecule has 0 aliphatic carbocycles. The van der Waals surface area contributed by atoms with Crippen LogP contribution in [0.25, 0.3) is 32.3 Å². The summed E-state index contributed by atoms with van der Waals surface area (Å²) in [4.78, 5) is 0.230. The Hall–Kier alpha value is -3.00. The van der Waals surface area contributed by atoms with Crippen LogP contribution in [-0.4, -0.2) is 8.42 Å². The minimum atomic E-state index is -4.06. The van der Waals surface area contributed by atoms with Gasteiger partial charge >= 0.3 is 30.4 Å². The maximum absolute atomic E-state index is 14.1. The average molecular weight is 619 g/mol. The highest BCUT2D eigenvalue weighted by molar-refractivity contribution is 7.86. The molecule has 0 aromatic heterocycles. The number of aryl methyl sites for hydroxylation is 4. The molecular weight excluding hydrogens is 591 g/mol. The largest absolute Gasteiger partial charge is 0.336 e. The van der Waals surface area contributed by atoms with Crippen molar-refractivity contribution in [3.8, 4) is 0 Å². The molecule has 185 valence electrons. The fourth-order valence-corrected chi connectivity index (χ4v) is 12.4. The first-order valence-electron chi connectivity index (χ1n) is 12.2. The molecule has 5 heteroatoms. The van der Waals surface area contributed by atoms with Gasteiger partial charge in [-0.15, -0.1) is 0 Å². The van der Waals surface area contributed by atoms with Gasteiger partial charge in [-0.3, -0.25) is 0 Å². The smallest absolute Gasteiger partial charge is 0.190 e. The highest BCUT2D eigenvalue weighted by Crippen LogP contribution is 2.37. The molecule has 0 aliphatic rings. The topological polar surface area (TPSA) is 43.4 Å². The van der Waals surface area contributed by atoms with Crippen molar-refractivity contribution in [2.45, 2.75) is 32.6 Å². The second-order valence-electron chi connectivity index (χ2n) is 9.64. The van der Waals surface area contributed by atoms with E-state index in [1.54, 1.807) is 6.07 Å². The van der Waals surface area contributed by atoms with Crippen molar-refractivity contribution in [2.75, 3.05) is 0 Å². The van der Waals surface area contributed by atoms with E-state index in [2.05, 4.69) is 76.2 Å². The standard InChI is InChI=1S/C32H27IO3S/c1-20-8-14-27(18-22(20)3)33(28-15-9-21(2)23(4)19-28)36-37(34,35)30-17-13-26-11-10-24-6-5-7-25-12-16-29(30)32(26)31(24)25/h5-19H,1-4H3/q+1. The summed E-state index contributed by atoms with van der Waals surface area (Å²) in [6.07, 6.45) is 0. The van der Waals surface area contributed by atoms with Crippen molar-refractivity contribution >= 4 is 42.4 Å². The lowest BCUT2D eigenvalue weighted by atomic mass is 9.94. The molecule has 0 spiro atoms. The zero-order valence-corrected chi connectivity index (χ0v) is 24.1. The number of halogens is 1. The Bertz CT molecular complexity index is 1860. The molecule has 0 unspecified atom stereocenters. The second-order valence-corrected chi connectivity index (χ2v) is 16.1. The van der Waals surface area contributed by atoms with Gasteiger partial charge in [0.15, 0.2) is 7.14 Å². The number of hydrogen-bond donors (Lipinski definition) is 0. The number of benzene rings is 6. The number of hydrogen-bond acceptors (Lipinski definition) is 3. The Morgan fingerprint density at radius 2 is 1.08 bits per heavy atom. The summed E-state index contributed by atoms with van der Waals surface area (Å²) < 4.78 is 36.4. The van der Waals surface area contributed by atoms with Gasteiger partial charge in [0.1, 0.15) is 4.90 Å². The molecule has 0 atom stereocenters. The zero-order chi connectivity index (χ0) is 25.9. The van der Waals surface area contributed by atoms with Gasteiger partial charge in [0.25, 0.3) is 0 Å². The zero-order valence-electron chi connectivity index (χ0n) is 21.2. The summed E-state index contributed by atoms with van der Waals surface area (Å²) in [5, 5.41) is 6.00. The minimum absolute atomic E-state index is 0.230. The van der Waals surface area contributed by atoms with Gasteiger partial charge in [-0.25, -0.2) is 0 Å². The SMILES string of the molecule is Cc1ccc([I+](OS(=O)(=O)c2ccc3ccc4cccc5ccc2c3c45)c2ccc(C)c(C)c2)cc1C. The average Bonchev–Trinajstić information content (AvgIpc) is 2.89. The van der Waals surface area contributed by atoms with Gasteiger partial charge in [-0.05, 0) is 110 Å². The second kappa shape index (κ2) is 9.08. The minimum Gasteiger partial charge on any atom is -0.190 e. The highest BCUT2D eigenvalue weighted by atomic mass is 127.